The van der Waals surface area contributed by atoms with E-state index in [0.717, 1.165) is 0 Å². The van der Waals surface area contributed by atoms with E-state index in [0.29, 0.717) is 22.9 Å². The highest BCUT2D eigenvalue weighted by Crippen LogP contribution is 2.41. The van der Waals surface area contributed by atoms with Gasteiger partial charge < -0.3 is 25.6 Å². The largest absolute Gasteiger partial charge is 0.390 e. The zero-order valence-corrected chi connectivity index (χ0v) is 17.2. The molecule has 4 atom stereocenters. The minimum atomic E-state index is -0.782. The molecule has 1 saturated heterocycles. The van der Waals surface area contributed by atoms with Crippen LogP contribution in [0, 0.1) is 0 Å². The highest BCUT2D eigenvalue weighted by molar-refractivity contribution is 6.32. The molecular weight excluding hydrogens is 419 g/mol. The molecule has 1 aliphatic carbocycles. The molecule has 0 spiro atoms. The smallest absolute Gasteiger partial charge is 0.223 e. The monoisotopic (exact) mass is 438 g/mol. The van der Waals surface area contributed by atoms with Crippen LogP contribution in [0.1, 0.15) is 20.3 Å². The molecule has 1 saturated carbocycles. The van der Waals surface area contributed by atoms with Gasteiger partial charge in [-0.05, 0) is 44.5 Å². The summed E-state index contributed by atoms with van der Waals surface area (Å²) in [7, 11) is 0. The fourth-order valence-electron chi connectivity index (χ4n) is 3.52. The van der Waals surface area contributed by atoms with E-state index in [1.807, 2.05) is 0 Å². The minimum absolute atomic E-state index is 0.0121. The topological polar surface area (TPSA) is 127 Å². The van der Waals surface area contributed by atoms with Gasteiger partial charge in [0.05, 0.1) is 17.8 Å². The zero-order valence-electron chi connectivity index (χ0n) is 15.7. The molecule has 11 heteroatoms. The number of hydrogen-bond acceptors (Lipinski definition) is 9. The molecule has 154 valence electrons. The molecule has 1 aromatic heterocycles. The van der Waals surface area contributed by atoms with Crippen LogP contribution in [0.3, 0.4) is 0 Å². The first-order valence-corrected chi connectivity index (χ1v) is 9.78. The SMILES string of the molecule is CC1(C)O[C@@H]2[C@H](O1)[C@@H](O)C[C@H]2Nc1nc(N)nc(Cl)c1N=Nc1ccc(Cl)cc1. The number of nitrogens with two attached hydrogens (primary N) is 1. The molecule has 0 bridgehead atoms. The van der Waals surface area contributed by atoms with Crippen LogP contribution in [-0.2, 0) is 9.47 Å². The predicted octanol–water partition coefficient (Wildman–Crippen LogP) is 3.85. The van der Waals surface area contributed by atoms with E-state index in [1.54, 1.807) is 38.1 Å². The molecule has 2 fully saturated rings. The molecule has 29 heavy (non-hydrogen) atoms. The number of ether oxygens (including phenoxy) is 2. The van der Waals surface area contributed by atoms with Crippen LogP contribution in [0.2, 0.25) is 10.2 Å². The first-order valence-electron chi connectivity index (χ1n) is 9.02. The van der Waals surface area contributed by atoms with E-state index >= 15 is 0 Å². The quantitative estimate of drug-likeness (QED) is 0.488. The van der Waals surface area contributed by atoms with Crippen molar-refractivity contribution in [2.75, 3.05) is 11.1 Å². The third-order valence-electron chi connectivity index (χ3n) is 4.71. The lowest BCUT2D eigenvalue weighted by Crippen LogP contribution is -2.34. The Labute approximate surface area is 177 Å². The summed E-state index contributed by atoms with van der Waals surface area (Å²) in [6.45, 7) is 3.61. The van der Waals surface area contributed by atoms with E-state index in [2.05, 4.69) is 25.5 Å². The van der Waals surface area contributed by atoms with E-state index in [4.69, 9.17) is 38.4 Å². The Bertz CT molecular complexity index is 940. The molecule has 2 aliphatic rings. The fourth-order valence-corrected chi connectivity index (χ4v) is 3.86. The number of nitrogens with one attached hydrogen (secondary N) is 1. The summed E-state index contributed by atoms with van der Waals surface area (Å²) in [5.74, 6) is -0.496. The fraction of sp³-hybridized carbons (Fsp3) is 0.444. The lowest BCUT2D eigenvalue weighted by atomic mass is 10.2. The number of aliphatic hydroxyl groups is 1. The van der Waals surface area contributed by atoms with E-state index in [-0.39, 0.29) is 28.9 Å². The van der Waals surface area contributed by atoms with Crippen molar-refractivity contribution in [2.45, 2.75) is 50.4 Å². The number of nitrogen functional groups attached to an aromatic ring is 1. The number of benzene rings is 1. The van der Waals surface area contributed by atoms with Crippen molar-refractivity contribution in [3.8, 4) is 0 Å². The summed E-state index contributed by atoms with van der Waals surface area (Å²) >= 11 is 12.1. The summed E-state index contributed by atoms with van der Waals surface area (Å²) in [5, 5.41) is 22.6. The van der Waals surface area contributed by atoms with Gasteiger partial charge >= 0.3 is 0 Å². The summed E-state index contributed by atoms with van der Waals surface area (Å²) < 4.78 is 11.7. The summed E-state index contributed by atoms with van der Waals surface area (Å²) in [4.78, 5) is 8.17. The lowest BCUT2D eigenvalue weighted by Gasteiger charge is -2.23. The number of azo groups is 1. The number of fused-ring (bicyclic) bond motifs is 1. The van der Waals surface area contributed by atoms with Crippen LogP contribution in [0.25, 0.3) is 0 Å². The maximum absolute atomic E-state index is 10.4. The first-order chi connectivity index (χ1) is 13.7. The number of anilines is 2. The Morgan fingerprint density at radius 3 is 2.55 bits per heavy atom. The lowest BCUT2D eigenvalue weighted by molar-refractivity contribution is -0.162. The van der Waals surface area contributed by atoms with Crippen LogP contribution in [0.5, 0.6) is 0 Å². The summed E-state index contributed by atoms with van der Waals surface area (Å²) in [6, 6.07) is 6.56. The predicted molar refractivity (Wildman–Crippen MR) is 109 cm³/mol. The summed E-state index contributed by atoms with van der Waals surface area (Å²) in [5.41, 5.74) is 6.58. The Balaban J connectivity index is 1.61. The second kappa shape index (κ2) is 7.66. The standard InChI is InChI=1S/C18H20Cl2N6O3/c1-18(2)28-13-10(7-11(27)14(13)29-18)22-16-12(15(20)23-17(21)24-16)26-25-9-5-3-8(19)4-6-9/h3-6,10-11,13-14,27H,7H2,1-2H3,(H3,21,22,23,24)/t10-,11+,13+,14-/m1/s1. The molecule has 2 heterocycles. The molecule has 4 rings (SSSR count). The van der Waals surface area contributed by atoms with Crippen molar-refractivity contribution < 1.29 is 14.6 Å². The van der Waals surface area contributed by atoms with Crippen molar-refractivity contribution in [3.63, 3.8) is 0 Å². The Morgan fingerprint density at radius 2 is 1.83 bits per heavy atom. The number of rotatable bonds is 4. The van der Waals surface area contributed by atoms with Crippen molar-refractivity contribution in [3.05, 3.63) is 34.4 Å². The van der Waals surface area contributed by atoms with Crippen LogP contribution >= 0.6 is 23.2 Å². The maximum atomic E-state index is 10.4. The second-order valence-corrected chi connectivity index (χ2v) is 8.16. The van der Waals surface area contributed by atoms with Gasteiger partial charge in [-0.1, -0.05) is 23.2 Å². The average molecular weight is 439 g/mol. The van der Waals surface area contributed by atoms with E-state index in [9.17, 15) is 5.11 Å². The van der Waals surface area contributed by atoms with Gasteiger partial charge in [0.1, 0.15) is 12.2 Å². The van der Waals surface area contributed by atoms with Crippen molar-refractivity contribution >= 4 is 46.3 Å². The van der Waals surface area contributed by atoms with Gasteiger partial charge in [0.15, 0.2) is 22.4 Å². The van der Waals surface area contributed by atoms with Gasteiger partial charge in [-0.3, -0.25) is 0 Å². The van der Waals surface area contributed by atoms with E-state index in [1.165, 1.54) is 0 Å². The molecule has 0 unspecified atom stereocenters. The Morgan fingerprint density at radius 1 is 1.14 bits per heavy atom. The highest BCUT2D eigenvalue weighted by Gasteiger charge is 2.53. The van der Waals surface area contributed by atoms with Gasteiger partial charge in [-0.2, -0.15) is 15.1 Å². The summed E-state index contributed by atoms with van der Waals surface area (Å²) in [6.07, 6.45) is -1.07. The molecule has 0 amide bonds. The zero-order chi connectivity index (χ0) is 20.8. The van der Waals surface area contributed by atoms with Crippen LogP contribution in [0.4, 0.5) is 23.1 Å². The van der Waals surface area contributed by atoms with E-state index < -0.39 is 18.0 Å². The molecule has 0 radical (unpaired) electrons. The number of aromatic nitrogens is 2. The number of nitrogens with zero attached hydrogens (tertiary/aromatic N) is 4. The number of hydrogen-bond donors (Lipinski definition) is 3. The minimum Gasteiger partial charge on any atom is -0.390 e. The molecule has 1 aromatic carbocycles. The van der Waals surface area contributed by atoms with Crippen molar-refractivity contribution in [1.82, 2.24) is 9.97 Å². The second-order valence-electron chi connectivity index (χ2n) is 7.36. The van der Waals surface area contributed by atoms with Crippen LogP contribution in [0.15, 0.2) is 34.5 Å². The average Bonchev–Trinajstić information content (AvgIpc) is 3.10. The van der Waals surface area contributed by atoms with Gasteiger partial charge in [-0.25, -0.2) is 0 Å². The van der Waals surface area contributed by atoms with Crippen LogP contribution < -0.4 is 11.1 Å². The third-order valence-corrected chi connectivity index (χ3v) is 5.22. The molecular formula is C18H20Cl2N6O3. The molecule has 2 aromatic rings. The highest BCUT2D eigenvalue weighted by atomic mass is 35.5. The van der Waals surface area contributed by atoms with Gasteiger partial charge in [0.2, 0.25) is 5.95 Å². The number of aliphatic hydroxyl groups excluding tert-OH is 1. The molecule has 9 nitrogen and oxygen atoms in total. The first kappa shape index (κ1) is 20.2. The van der Waals surface area contributed by atoms with Gasteiger partial charge in [-0.15, -0.1) is 5.11 Å². The van der Waals surface area contributed by atoms with Gasteiger partial charge in [0.25, 0.3) is 0 Å². The van der Waals surface area contributed by atoms with Crippen LogP contribution in [-0.4, -0.2) is 45.2 Å². The van der Waals surface area contributed by atoms with Crippen molar-refractivity contribution in [1.29, 1.82) is 0 Å². The molecule has 4 N–H and O–H groups in total. The number of halogens is 2. The van der Waals surface area contributed by atoms with Gasteiger partial charge in [0, 0.05) is 5.02 Å². The Hall–Kier alpha value is -2.04. The normalized spacial score (nSPS) is 28.0. The third kappa shape index (κ3) is 4.29. The molecule has 1 aliphatic heterocycles. The Kier molecular flexibility index (Phi) is 5.34. The maximum Gasteiger partial charge on any atom is 0.223 e. The van der Waals surface area contributed by atoms with Crippen molar-refractivity contribution in [2.24, 2.45) is 10.2 Å².